The third kappa shape index (κ3) is 6.24. The van der Waals surface area contributed by atoms with Gasteiger partial charge in [-0.15, -0.1) is 0 Å². The largest absolute Gasteiger partial charge is 0.497 e. The predicted molar refractivity (Wildman–Crippen MR) is 136 cm³/mol. The number of hydrogen-bond donors (Lipinski definition) is 2. The molecule has 0 aliphatic carbocycles. The number of amides is 1. The van der Waals surface area contributed by atoms with Gasteiger partial charge in [0.05, 0.1) is 24.8 Å². The molecule has 0 saturated heterocycles. The minimum Gasteiger partial charge on any atom is -0.497 e. The Bertz CT molecular complexity index is 1290. The van der Waals surface area contributed by atoms with Gasteiger partial charge in [0, 0.05) is 11.8 Å². The molecule has 3 rings (SSSR count). The van der Waals surface area contributed by atoms with Gasteiger partial charge in [-0.05, 0) is 73.9 Å². The molecule has 0 spiro atoms. The molecule has 0 fully saturated rings. The number of methoxy groups -OCH3 is 2. The Balaban J connectivity index is 1.71. The average Bonchev–Trinajstić information content (AvgIpc) is 2.85. The summed E-state index contributed by atoms with van der Waals surface area (Å²) in [5.41, 5.74) is 2.80. The van der Waals surface area contributed by atoms with Gasteiger partial charge in [-0.25, -0.2) is 8.42 Å². The first kappa shape index (κ1) is 25.9. The van der Waals surface area contributed by atoms with E-state index in [9.17, 15) is 13.2 Å². The van der Waals surface area contributed by atoms with E-state index in [1.807, 2.05) is 39.0 Å². The van der Waals surface area contributed by atoms with Crippen LogP contribution in [0.2, 0.25) is 0 Å². The van der Waals surface area contributed by atoms with Gasteiger partial charge in [-0.3, -0.25) is 9.52 Å². The van der Waals surface area contributed by atoms with Crippen molar-refractivity contribution in [3.05, 3.63) is 71.8 Å². The molecule has 0 aliphatic heterocycles. The van der Waals surface area contributed by atoms with Gasteiger partial charge in [0.1, 0.15) is 17.2 Å². The fourth-order valence-electron chi connectivity index (χ4n) is 3.35. The lowest BCUT2D eigenvalue weighted by Crippen LogP contribution is -2.32. The highest BCUT2D eigenvalue weighted by Crippen LogP contribution is 2.31. The van der Waals surface area contributed by atoms with Gasteiger partial charge in [-0.2, -0.15) is 0 Å². The normalized spacial score (nSPS) is 11.9. The van der Waals surface area contributed by atoms with Crippen molar-refractivity contribution in [2.75, 3.05) is 24.3 Å². The molecule has 0 unspecified atom stereocenters. The lowest BCUT2D eigenvalue weighted by atomic mass is 10.1. The molecular formula is C26H30N2O6S. The Kier molecular flexibility index (Phi) is 8.24. The summed E-state index contributed by atoms with van der Waals surface area (Å²) < 4.78 is 44.6. The van der Waals surface area contributed by atoms with Crippen LogP contribution in [0.1, 0.15) is 24.5 Å². The molecule has 0 aliphatic rings. The number of anilines is 2. The summed E-state index contributed by atoms with van der Waals surface area (Å²) in [6.07, 6.45) is -0.220. The summed E-state index contributed by atoms with van der Waals surface area (Å²) in [6.45, 7) is 5.80. The quantitative estimate of drug-likeness (QED) is 0.411. The molecular weight excluding hydrogens is 468 g/mol. The van der Waals surface area contributed by atoms with Crippen molar-refractivity contribution in [2.24, 2.45) is 0 Å². The van der Waals surface area contributed by atoms with E-state index < -0.39 is 16.1 Å². The molecule has 3 aromatic carbocycles. The fourth-order valence-corrected chi connectivity index (χ4v) is 4.42. The fraction of sp³-hybridized carbons (Fsp3) is 0.269. The van der Waals surface area contributed by atoms with Crippen molar-refractivity contribution in [1.82, 2.24) is 0 Å². The number of hydrogen-bond acceptors (Lipinski definition) is 6. The lowest BCUT2D eigenvalue weighted by Gasteiger charge is -2.19. The second-order valence-corrected chi connectivity index (χ2v) is 9.58. The Hall–Kier alpha value is -3.72. The van der Waals surface area contributed by atoms with Crippen LogP contribution in [0.5, 0.6) is 17.2 Å². The summed E-state index contributed by atoms with van der Waals surface area (Å²) in [5.74, 6) is 1.21. The number of ether oxygens (including phenoxy) is 3. The van der Waals surface area contributed by atoms with E-state index in [4.69, 9.17) is 14.2 Å². The van der Waals surface area contributed by atoms with Gasteiger partial charge in [0.2, 0.25) is 0 Å². The zero-order valence-electron chi connectivity index (χ0n) is 20.4. The molecule has 0 radical (unpaired) electrons. The number of rotatable bonds is 10. The molecule has 1 atom stereocenters. The zero-order chi connectivity index (χ0) is 25.6. The van der Waals surface area contributed by atoms with Gasteiger partial charge in [-0.1, -0.05) is 19.1 Å². The number of aryl methyl sites for hydroxylation is 1. The Morgan fingerprint density at radius 1 is 0.943 bits per heavy atom. The van der Waals surface area contributed by atoms with Gasteiger partial charge in [0.15, 0.2) is 6.10 Å². The Morgan fingerprint density at radius 2 is 1.66 bits per heavy atom. The zero-order valence-corrected chi connectivity index (χ0v) is 21.2. The van der Waals surface area contributed by atoms with Crippen LogP contribution in [0.15, 0.2) is 65.6 Å². The van der Waals surface area contributed by atoms with Crippen LogP contribution in [0, 0.1) is 13.8 Å². The SMILES string of the molecule is CC[C@@H](Oc1cccc(C)c1C)C(=O)Nc1ccc(S(=O)(=O)Nc2ccc(OC)cc2OC)cc1. The second kappa shape index (κ2) is 11.1. The number of sulfonamides is 1. The molecule has 1 amide bonds. The van der Waals surface area contributed by atoms with Crippen molar-refractivity contribution >= 4 is 27.3 Å². The lowest BCUT2D eigenvalue weighted by molar-refractivity contribution is -0.122. The van der Waals surface area contributed by atoms with Gasteiger partial charge < -0.3 is 19.5 Å². The molecule has 3 aromatic rings. The van der Waals surface area contributed by atoms with E-state index in [0.717, 1.165) is 11.1 Å². The minimum absolute atomic E-state index is 0.0343. The molecule has 0 saturated carbocycles. The van der Waals surface area contributed by atoms with E-state index in [0.29, 0.717) is 29.4 Å². The van der Waals surface area contributed by atoms with Crippen LogP contribution < -0.4 is 24.2 Å². The third-order valence-electron chi connectivity index (χ3n) is 5.57. The summed E-state index contributed by atoms with van der Waals surface area (Å²) in [7, 11) is -0.936. The first-order chi connectivity index (χ1) is 16.7. The minimum atomic E-state index is -3.89. The van der Waals surface area contributed by atoms with Crippen LogP contribution in [-0.2, 0) is 14.8 Å². The Morgan fingerprint density at radius 3 is 2.29 bits per heavy atom. The summed E-state index contributed by atoms with van der Waals surface area (Å²) in [4.78, 5) is 12.8. The molecule has 35 heavy (non-hydrogen) atoms. The van der Waals surface area contributed by atoms with Crippen LogP contribution in [0.25, 0.3) is 0 Å². The van der Waals surface area contributed by atoms with Crippen molar-refractivity contribution < 1.29 is 27.4 Å². The highest BCUT2D eigenvalue weighted by molar-refractivity contribution is 7.92. The molecule has 0 aromatic heterocycles. The summed E-state index contributed by atoms with van der Waals surface area (Å²) in [6, 6.07) is 16.4. The number of carbonyl (C=O) groups is 1. The molecule has 0 bridgehead atoms. The molecule has 0 heterocycles. The maximum atomic E-state index is 12.9. The maximum Gasteiger partial charge on any atom is 0.265 e. The van der Waals surface area contributed by atoms with E-state index in [1.165, 1.54) is 38.5 Å². The Labute approximate surface area is 206 Å². The summed E-state index contributed by atoms with van der Waals surface area (Å²) in [5, 5.41) is 2.79. The van der Waals surface area contributed by atoms with E-state index in [-0.39, 0.29) is 16.5 Å². The summed E-state index contributed by atoms with van der Waals surface area (Å²) >= 11 is 0. The molecule has 2 N–H and O–H groups in total. The van der Waals surface area contributed by atoms with E-state index >= 15 is 0 Å². The van der Waals surface area contributed by atoms with Crippen LogP contribution in [0.3, 0.4) is 0 Å². The predicted octanol–water partition coefficient (Wildman–Crippen LogP) is 4.92. The monoisotopic (exact) mass is 498 g/mol. The van der Waals surface area contributed by atoms with Crippen molar-refractivity contribution in [3.63, 3.8) is 0 Å². The van der Waals surface area contributed by atoms with Crippen LogP contribution in [0.4, 0.5) is 11.4 Å². The number of benzene rings is 3. The van der Waals surface area contributed by atoms with E-state index in [1.54, 1.807) is 18.2 Å². The topological polar surface area (TPSA) is 103 Å². The van der Waals surface area contributed by atoms with Crippen molar-refractivity contribution in [1.29, 1.82) is 0 Å². The van der Waals surface area contributed by atoms with Gasteiger partial charge in [0.25, 0.3) is 15.9 Å². The maximum absolute atomic E-state index is 12.9. The smallest absolute Gasteiger partial charge is 0.265 e. The highest BCUT2D eigenvalue weighted by atomic mass is 32.2. The number of nitrogens with one attached hydrogen (secondary N) is 2. The molecule has 9 heteroatoms. The van der Waals surface area contributed by atoms with E-state index in [2.05, 4.69) is 10.0 Å². The first-order valence-corrected chi connectivity index (χ1v) is 12.6. The van der Waals surface area contributed by atoms with Gasteiger partial charge >= 0.3 is 0 Å². The first-order valence-electron chi connectivity index (χ1n) is 11.1. The number of carbonyl (C=O) groups excluding carboxylic acids is 1. The standard InChI is InChI=1S/C26H30N2O6S/c1-6-23(34-24-9-7-8-17(2)18(24)3)26(29)27-19-10-13-21(14-11-19)35(30,31)28-22-15-12-20(32-4)16-25(22)33-5/h7-16,23,28H,6H2,1-5H3,(H,27,29)/t23-/m1/s1. The average molecular weight is 499 g/mol. The third-order valence-corrected chi connectivity index (χ3v) is 6.95. The second-order valence-electron chi connectivity index (χ2n) is 7.90. The molecule has 8 nitrogen and oxygen atoms in total. The van der Waals surface area contributed by atoms with Crippen molar-refractivity contribution in [3.8, 4) is 17.2 Å². The van der Waals surface area contributed by atoms with Crippen LogP contribution >= 0.6 is 0 Å². The highest BCUT2D eigenvalue weighted by Gasteiger charge is 2.21. The molecule has 186 valence electrons. The van der Waals surface area contributed by atoms with Crippen LogP contribution in [-0.4, -0.2) is 34.6 Å². The van der Waals surface area contributed by atoms with Crippen molar-refractivity contribution in [2.45, 2.75) is 38.2 Å².